The van der Waals surface area contributed by atoms with E-state index in [1.165, 1.54) is 19.3 Å². The van der Waals surface area contributed by atoms with E-state index in [9.17, 15) is 9.90 Å². The Kier molecular flexibility index (Phi) is 5.05. The fourth-order valence-corrected chi connectivity index (χ4v) is 2.33. The van der Waals surface area contributed by atoms with Crippen molar-refractivity contribution < 1.29 is 9.90 Å². The second-order valence-electron chi connectivity index (χ2n) is 4.39. The van der Waals surface area contributed by atoms with E-state index in [2.05, 4.69) is 12.2 Å². The summed E-state index contributed by atoms with van der Waals surface area (Å²) < 4.78 is 0. The monoisotopic (exact) mass is 214 g/mol. The van der Waals surface area contributed by atoms with Gasteiger partial charge in [0.05, 0.1) is 0 Å². The Morgan fingerprint density at radius 1 is 1.53 bits per heavy atom. The molecule has 0 aromatic heterocycles. The Hall–Kier alpha value is -0.610. The fourth-order valence-electron chi connectivity index (χ4n) is 2.33. The Balaban J connectivity index is 2.32. The number of rotatable bonds is 5. The molecule has 3 unspecified atom stereocenters. The van der Waals surface area contributed by atoms with E-state index in [1.807, 2.05) is 0 Å². The van der Waals surface area contributed by atoms with Gasteiger partial charge in [-0.1, -0.05) is 26.2 Å². The van der Waals surface area contributed by atoms with E-state index in [0.717, 1.165) is 12.8 Å². The molecule has 1 amide bonds. The molecule has 15 heavy (non-hydrogen) atoms. The number of hydrogen-bond acceptors (Lipinski definition) is 3. The number of nitrogens with two attached hydrogens (primary N) is 1. The molecular weight excluding hydrogens is 192 g/mol. The third-order valence-electron chi connectivity index (χ3n) is 3.34. The molecule has 0 aromatic carbocycles. The number of aliphatic hydroxyl groups is 1. The van der Waals surface area contributed by atoms with Crippen LogP contribution in [0.2, 0.25) is 0 Å². The quantitative estimate of drug-likeness (QED) is 0.619. The standard InChI is InChI=1S/C11H22N2O2/c1-2-8-5-3-4-6-9(8)13-7-10(14)11(12)15/h8-10,13-14H,2-7H2,1H3,(H2,12,15). The average molecular weight is 214 g/mol. The highest BCUT2D eigenvalue weighted by Crippen LogP contribution is 2.26. The van der Waals surface area contributed by atoms with Crippen LogP contribution >= 0.6 is 0 Å². The number of carbonyl (C=O) groups excluding carboxylic acids is 1. The van der Waals surface area contributed by atoms with Gasteiger partial charge in [-0.3, -0.25) is 4.79 Å². The van der Waals surface area contributed by atoms with E-state index in [1.54, 1.807) is 0 Å². The summed E-state index contributed by atoms with van der Waals surface area (Å²) in [4.78, 5) is 10.7. The molecule has 0 aliphatic heterocycles. The largest absolute Gasteiger partial charge is 0.382 e. The molecule has 4 nitrogen and oxygen atoms in total. The molecule has 1 aliphatic carbocycles. The van der Waals surface area contributed by atoms with Crippen molar-refractivity contribution in [3.05, 3.63) is 0 Å². The van der Waals surface area contributed by atoms with Crippen LogP contribution in [-0.4, -0.2) is 29.7 Å². The van der Waals surface area contributed by atoms with Crippen molar-refractivity contribution in [1.82, 2.24) is 5.32 Å². The molecule has 4 heteroatoms. The summed E-state index contributed by atoms with van der Waals surface area (Å²) in [5.41, 5.74) is 4.99. The van der Waals surface area contributed by atoms with Gasteiger partial charge in [0.25, 0.3) is 0 Å². The van der Waals surface area contributed by atoms with E-state index < -0.39 is 12.0 Å². The van der Waals surface area contributed by atoms with Crippen LogP contribution < -0.4 is 11.1 Å². The zero-order valence-electron chi connectivity index (χ0n) is 9.41. The maximum Gasteiger partial charge on any atom is 0.247 e. The molecule has 3 atom stereocenters. The molecule has 1 aliphatic rings. The third kappa shape index (κ3) is 3.80. The molecule has 0 aromatic rings. The van der Waals surface area contributed by atoms with Crippen molar-refractivity contribution in [1.29, 1.82) is 0 Å². The molecule has 0 saturated heterocycles. The first kappa shape index (κ1) is 12.5. The van der Waals surface area contributed by atoms with Gasteiger partial charge in [0.1, 0.15) is 6.10 Å². The first-order valence-corrected chi connectivity index (χ1v) is 5.86. The number of nitrogens with one attached hydrogen (secondary N) is 1. The third-order valence-corrected chi connectivity index (χ3v) is 3.34. The number of carbonyl (C=O) groups is 1. The van der Waals surface area contributed by atoms with Crippen molar-refractivity contribution in [2.24, 2.45) is 11.7 Å². The highest BCUT2D eigenvalue weighted by molar-refractivity contribution is 5.78. The lowest BCUT2D eigenvalue weighted by atomic mass is 9.83. The average Bonchev–Trinajstić information content (AvgIpc) is 2.26. The Morgan fingerprint density at radius 3 is 2.80 bits per heavy atom. The summed E-state index contributed by atoms with van der Waals surface area (Å²) in [6.07, 6.45) is 5.04. The lowest BCUT2D eigenvalue weighted by Crippen LogP contribution is -2.45. The van der Waals surface area contributed by atoms with E-state index in [-0.39, 0.29) is 6.54 Å². The molecule has 0 spiro atoms. The summed E-state index contributed by atoms with van der Waals surface area (Å²) >= 11 is 0. The second-order valence-corrected chi connectivity index (χ2v) is 4.39. The maximum atomic E-state index is 10.7. The lowest BCUT2D eigenvalue weighted by Gasteiger charge is -2.32. The second kappa shape index (κ2) is 6.08. The Bertz CT molecular complexity index is 209. The van der Waals surface area contributed by atoms with Gasteiger partial charge in [0.2, 0.25) is 5.91 Å². The molecule has 0 bridgehead atoms. The van der Waals surface area contributed by atoms with Gasteiger partial charge in [0.15, 0.2) is 0 Å². The van der Waals surface area contributed by atoms with Gasteiger partial charge in [-0.2, -0.15) is 0 Å². The van der Waals surface area contributed by atoms with Crippen LogP contribution in [-0.2, 0) is 4.79 Å². The summed E-state index contributed by atoms with van der Waals surface area (Å²) in [6.45, 7) is 2.48. The minimum Gasteiger partial charge on any atom is -0.382 e. The van der Waals surface area contributed by atoms with Crippen LogP contribution in [0.5, 0.6) is 0 Å². The van der Waals surface area contributed by atoms with Crippen molar-refractivity contribution in [2.45, 2.75) is 51.2 Å². The summed E-state index contributed by atoms with van der Waals surface area (Å²) in [5, 5.41) is 12.5. The number of hydrogen-bond donors (Lipinski definition) is 3. The Labute approximate surface area is 91.2 Å². The van der Waals surface area contributed by atoms with Crippen LogP contribution in [0.25, 0.3) is 0 Å². The first-order chi connectivity index (χ1) is 7.15. The van der Waals surface area contributed by atoms with Crippen molar-refractivity contribution in [3.8, 4) is 0 Å². The van der Waals surface area contributed by atoms with Crippen LogP contribution in [0, 0.1) is 5.92 Å². The molecule has 1 saturated carbocycles. The minimum absolute atomic E-state index is 0.288. The smallest absolute Gasteiger partial charge is 0.247 e. The predicted molar refractivity (Wildman–Crippen MR) is 59.2 cm³/mol. The molecule has 88 valence electrons. The maximum absolute atomic E-state index is 10.7. The van der Waals surface area contributed by atoms with Crippen molar-refractivity contribution in [3.63, 3.8) is 0 Å². The highest BCUT2D eigenvalue weighted by atomic mass is 16.3. The normalized spacial score (nSPS) is 28.7. The molecule has 4 N–H and O–H groups in total. The lowest BCUT2D eigenvalue weighted by molar-refractivity contribution is -0.125. The van der Waals surface area contributed by atoms with Crippen LogP contribution in [0.3, 0.4) is 0 Å². The fraction of sp³-hybridized carbons (Fsp3) is 0.909. The van der Waals surface area contributed by atoms with Gasteiger partial charge in [-0.15, -0.1) is 0 Å². The number of amides is 1. The van der Waals surface area contributed by atoms with Gasteiger partial charge >= 0.3 is 0 Å². The molecular formula is C11H22N2O2. The summed E-state index contributed by atoms with van der Waals surface area (Å²) in [7, 11) is 0. The zero-order valence-corrected chi connectivity index (χ0v) is 9.41. The molecule has 1 fully saturated rings. The van der Waals surface area contributed by atoms with Crippen LogP contribution in [0.1, 0.15) is 39.0 Å². The van der Waals surface area contributed by atoms with Gasteiger partial charge in [-0.05, 0) is 18.8 Å². The molecule has 0 heterocycles. The number of aliphatic hydroxyl groups excluding tert-OH is 1. The molecule has 1 rings (SSSR count). The van der Waals surface area contributed by atoms with Crippen LogP contribution in [0.4, 0.5) is 0 Å². The van der Waals surface area contributed by atoms with Crippen molar-refractivity contribution in [2.75, 3.05) is 6.54 Å². The predicted octanol–water partition coefficient (Wildman–Crippen LogP) is 0.391. The van der Waals surface area contributed by atoms with Gasteiger partial charge < -0.3 is 16.2 Å². The van der Waals surface area contributed by atoms with Crippen molar-refractivity contribution >= 4 is 5.91 Å². The van der Waals surface area contributed by atoms with E-state index in [0.29, 0.717) is 12.0 Å². The van der Waals surface area contributed by atoms with Gasteiger partial charge in [-0.25, -0.2) is 0 Å². The summed E-state index contributed by atoms with van der Waals surface area (Å²) in [6, 6.07) is 0.442. The number of primary amides is 1. The highest BCUT2D eigenvalue weighted by Gasteiger charge is 2.24. The zero-order chi connectivity index (χ0) is 11.3. The van der Waals surface area contributed by atoms with E-state index in [4.69, 9.17) is 5.73 Å². The summed E-state index contributed by atoms with van der Waals surface area (Å²) in [5.74, 6) is 0.0326. The van der Waals surface area contributed by atoms with E-state index >= 15 is 0 Å². The van der Waals surface area contributed by atoms with Crippen LogP contribution in [0.15, 0.2) is 0 Å². The SMILES string of the molecule is CCC1CCCCC1NCC(O)C(N)=O. The first-order valence-electron chi connectivity index (χ1n) is 5.86. The topological polar surface area (TPSA) is 75.3 Å². The van der Waals surface area contributed by atoms with Gasteiger partial charge in [0, 0.05) is 12.6 Å². The Morgan fingerprint density at radius 2 is 2.20 bits per heavy atom. The molecule has 0 radical (unpaired) electrons. The minimum atomic E-state index is -1.05.